The summed E-state index contributed by atoms with van der Waals surface area (Å²) in [6.45, 7) is 4.38. The van der Waals surface area contributed by atoms with E-state index in [2.05, 4.69) is 54.0 Å². The van der Waals surface area contributed by atoms with Crippen molar-refractivity contribution in [2.45, 2.75) is 26.2 Å². The van der Waals surface area contributed by atoms with Crippen molar-refractivity contribution in [1.82, 2.24) is 0 Å². The first-order valence-electron chi connectivity index (χ1n) is 5.48. The van der Waals surface area contributed by atoms with Crippen LogP contribution >= 0.6 is 27.7 Å². The van der Waals surface area contributed by atoms with Crippen LogP contribution in [0.2, 0.25) is 0 Å². The molecule has 0 aliphatic carbocycles. The van der Waals surface area contributed by atoms with Crippen molar-refractivity contribution in [2.75, 3.05) is 16.8 Å². The minimum Gasteiger partial charge on any atom is -0.162 e. The summed E-state index contributed by atoms with van der Waals surface area (Å²) in [6, 6.07) is 8.88. The van der Waals surface area contributed by atoms with Gasteiger partial charge in [-0.05, 0) is 36.3 Å². The van der Waals surface area contributed by atoms with Gasteiger partial charge in [-0.2, -0.15) is 11.8 Å². The zero-order chi connectivity index (χ0) is 11.1. The Morgan fingerprint density at radius 1 is 1.40 bits per heavy atom. The molecule has 1 aromatic carbocycles. The lowest BCUT2D eigenvalue weighted by molar-refractivity contribution is 0.756. The average molecular weight is 287 g/mol. The summed E-state index contributed by atoms with van der Waals surface area (Å²) < 4.78 is 0. The van der Waals surface area contributed by atoms with Gasteiger partial charge in [0.05, 0.1) is 0 Å². The van der Waals surface area contributed by atoms with Crippen LogP contribution in [0.4, 0.5) is 0 Å². The van der Waals surface area contributed by atoms with E-state index in [9.17, 15) is 0 Å². The van der Waals surface area contributed by atoms with Gasteiger partial charge in [-0.15, -0.1) is 0 Å². The summed E-state index contributed by atoms with van der Waals surface area (Å²) in [6.07, 6.45) is 1.27. The van der Waals surface area contributed by atoms with Crippen molar-refractivity contribution in [2.24, 2.45) is 0 Å². The van der Waals surface area contributed by atoms with E-state index in [1.165, 1.54) is 29.1 Å². The number of rotatable bonds is 6. The number of aryl methyl sites for hydroxylation is 1. The van der Waals surface area contributed by atoms with E-state index in [-0.39, 0.29) is 0 Å². The molecule has 0 aliphatic heterocycles. The quantitative estimate of drug-likeness (QED) is 0.543. The zero-order valence-corrected chi connectivity index (χ0v) is 11.9. The van der Waals surface area contributed by atoms with E-state index in [1.807, 2.05) is 11.8 Å². The molecule has 1 rings (SSSR count). The normalized spacial score (nSPS) is 12.7. The van der Waals surface area contributed by atoms with Gasteiger partial charge in [0.2, 0.25) is 0 Å². The van der Waals surface area contributed by atoms with Crippen LogP contribution in [0.5, 0.6) is 0 Å². The number of alkyl halides is 1. The number of hydrogen-bond acceptors (Lipinski definition) is 1. The molecule has 0 nitrogen and oxygen atoms in total. The van der Waals surface area contributed by atoms with Crippen LogP contribution < -0.4 is 0 Å². The smallest absolute Gasteiger partial charge is 0.0100 e. The maximum Gasteiger partial charge on any atom is 0.0100 e. The Bertz CT molecular complexity index is 286. The third-order valence-corrected chi connectivity index (χ3v) is 4.23. The lowest BCUT2D eigenvalue weighted by Crippen LogP contribution is -2.02. The Hall–Kier alpha value is 0.0500. The summed E-state index contributed by atoms with van der Waals surface area (Å²) in [5, 5.41) is 1.07. The lowest BCUT2D eigenvalue weighted by atomic mass is 9.97. The highest BCUT2D eigenvalue weighted by Gasteiger charge is 2.09. The summed E-state index contributed by atoms with van der Waals surface area (Å²) in [4.78, 5) is 0. The van der Waals surface area contributed by atoms with Crippen molar-refractivity contribution < 1.29 is 0 Å². The van der Waals surface area contributed by atoms with Crippen LogP contribution in [0, 0.1) is 6.92 Å². The van der Waals surface area contributed by atoms with Crippen LogP contribution in [0.15, 0.2) is 24.3 Å². The predicted octanol–water partition coefficient (Wildman–Crippen LogP) is 4.62. The fourth-order valence-corrected chi connectivity index (χ4v) is 3.06. The third-order valence-electron chi connectivity index (χ3n) is 2.51. The standard InChI is InChI=1S/C13H19BrS/c1-3-15-8-7-13(10-14)12-6-4-5-11(2)9-12/h4-6,9,13H,3,7-8,10H2,1-2H3. The van der Waals surface area contributed by atoms with Gasteiger partial charge in [-0.3, -0.25) is 0 Å². The predicted molar refractivity (Wildman–Crippen MR) is 75.3 cm³/mol. The second-order valence-corrected chi connectivity index (χ2v) is 5.79. The highest BCUT2D eigenvalue weighted by atomic mass is 79.9. The van der Waals surface area contributed by atoms with E-state index >= 15 is 0 Å². The fraction of sp³-hybridized carbons (Fsp3) is 0.538. The van der Waals surface area contributed by atoms with Gasteiger partial charge in [0.25, 0.3) is 0 Å². The first-order chi connectivity index (χ1) is 7.27. The molecule has 0 bridgehead atoms. The van der Waals surface area contributed by atoms with Gasteiger partial charge in [0, 0.05) is 5.33 Å². The number of halogens is 1. The van der Waals surface area contributed by atoms with Crippen molar-refractivity contribution >= 4 is 27.7 Å². The van der Waals surface area contributed by atoms with Crippen molar-refractivity contribution in [3.63, 3.8) is 0 Å². The molecule has 0 aromatic heterocycles. The van der Waals surface area contributed by atoms with E-state index in [0.717, 1.165) is 5.33 Å². The van der Waals surface area contributed by atoms with Gasteiger partial charge >= 0.3 is 0 Å². The maximum atomic E-state index is 3.62. The molecule has 0 saturated heterocycles. The molecular weight excluding hydrogens is 268 g/mol. The van der Waals surface area contributed by atoms with Crippen molar-refractivity contribution in [1.29, 1.82) is 0 Å². The molecule has 15 heavy (non-hydrogen) atoms. The molecule has 1 unspecified atom stereocenters. The van der Waals surface area contributed by atoms with E-state index in [1.54, 1.807) is 0 Å². The molecule has 1 aromatic rings. The highest BCUT2D eigenvalue weighted by Crippen LogP contribution is 2.24. The third kappa shape index (κ3) is 4.60. The number of benzene rings is 1. The minimum atomic E-state index is 0.670. The molecule has 2 heteroatoms. The van der Waals surface area contributed by atoms with Crippen LogP contribution in [0.3, 0.4) is 0 Å². The topological polar surface area (TPSA) is 0 Å². The van der Waals surface area contributed by atoms with Gasteiger partial charge in [-0.1, -0.05) is 52.7 Å². The van der Waals surface area contributed by atoms with Gasteiger partial charge in [0.15, 0.2) is 0 Å². The second-order valence-electron chi connectivity index (χ2n) is 3.75. The Kier molecular flexibility index (Phi) is 6.42. The van der Waals surface area contributed by atoms with Crippen LogP contribution in [-0.4, -0.2) is 16.8 Å². The summed E-state index contributed by atoms with van der Waals surface area (Å²) >= 11 is 5.65. The Labute approximate surface area is 106 Å². The molecular formula is C13H19BrS. The van der Waals surface area contributed by atoms with Crippen LogP contribution in [-0.2, 0) is 0 Å². The molecule has 0 saturated carbocycles. The zero-order valence-electron chi connectivity index (χ0n) is 9.50. The van der Waals surface area contributed by atoms with Gasteiger partial charge in [0.1, 0.15) is 0 Å². The SMILES string of the molecule is CCSCCC(CBr)c1cccc(C)c1. The molecule has 0 amide bonds. The molecule has 0 fully saturated rings. The van der Waals surface area contributed by atoms with Crippen molar-refractivity contribution in [3.05, 3.63) is 35.4 Å². The largest absolute Gasteiger partial charge is 0.162 e. The van der Waals surface area contributed by atoms with Crippen LogP contribution in [0.25, 0.3) is 0 Å². The summed E-state index contributed by atoms with van der Waals surface area (Å²) in [5.41, 5.74) is 2.84. The van der Waals surface area contributed by atoms with Gasteiger partial charge in [-0.25, -0.2) is 0 Å². The second kappa shape index (κ2) is 7.34. The number of thioether (sulfide) groups is 1. The minimum absolute atomic E-state index is 0.670. The average Bonchev–Trinajstić information content (AvgIpc) is 2.24. The molecule has 0 aliphatic rings. The molecule has 0 spiro atoms. The lowest BCUT2D eigenvalue weighted by Gasteiger charge is -2.14. The molecule has 1 atom stereocenters. The van der Waals surface area contributed by atoms with Gasteiger partial charge < -0.3 is 0 Å². The monoisotopic (exact) mass is 286 g/mol. The highest BCUT2D eigenvalue weighted by molar-refractivity contribution is 9.09. The fourth-order valence-electron chi connectivity index (χ4n) is 1.63. The molecule has 0 heterocycles. The molecule has 0 radical (unpaired) electrons. The first-order valence-corrected chi connectivity index (χ1v) is 7.75. The molecule has 84 valence electrons. The number of hydrogen-bond donors (Lipinski definition) is 0. The maximum absolute atomic E-state index is 3.62. The Morgan fingerprint density at radius 2 is 2.20 bits per heavy atom. The van der Waals surface area contributed by atoms with E-state index in [0.29, 0.717) is 5.92 Å². The summed E-state index contributed by atoms with van der Waals surface area (Å²) in [5.74, 6) is 3.16. The summed E-state index contributed by atoms with van der Waals surface area (Å²) in [7, 11) is 0. The van der Waals surface area contributed by atoms with Crippen LogP contribution in [0.1, 0.15) is 30.4 Å². The van der Waals surface area contributed by atoms with Crippen molar-refractivity contribution in [3.8, 4) is 0 Å². The first kappa shape index (κ1) is 13.1. The Morgan fingerprint density at radius 3 is 2.80 bits per heavy atom. The van der Waals surface area contributed by atoms with E-state index in [4.69, 9.17) is 0 Å². The molecule has 0 N–H and O–H groups in total. The van der Waals surface area contributed by atoms with E-state index < -0.39 is 0 Å². The Balaban J connectivity index is 2.57.